The number of carbonyl (C=O) groups is 1. The van der Waals surface area contributed by atoms with Crippen LogP contribution < -0.4 is 10.5 Å². The third-order valence-electron chi connectivity index (χ3n) is 2.68. The molecule has 0 aromatic carbocycles. The molecule has 0 unspecified atom stereocenters. The summed E-state index contributed by atoms with van der Waals surface area (Å²) in [5, 5.41) is 8.92. The fourth-order valence-corrected chi connectivity index (χ4v) is 1.98. The summed E-state index contributed by atoms with van der Waals surface area (Å²) in [7, 11) is 0. The maximum absolute atomic E-state index is 11.9. The van der Waals surface area contributed by atoms with Crippen molar-refractivity contribution in [3.05, 3.63) is 22.1 Å². The van der Waals surface area contributed by atoms with E-state index in [0.717, 1.165) is 25.9 Å². The van der Waals surface area contributed by atoms with Gasteiger partial charge in [0.05, 0.1) is 0 Å². The van der Waals surface area contributed by atoms with E-state index in [-0.39, 0.29) is 12.1 Å². The van der Waals surface area contributed by atoms with Crippen LogP contribution in [0.5, 0.6) is 0 Å². The molecule has 6 heteroatoms. The zero-order valence-corrected chi connectivity index (χ0v) is 11.7. The summed E-state index contributed by atoms with van der Waals surface area (Å²) in [5.74, 6) is -0.585. The van der Waals surface area contributed by atoms with Crippen molar-refractivity contribution in [3.63, 3.8) is 0 Å². The number of hydrogen-bond acceptors (Lipinski definition) is 4. The minimum absolute atomic E-state index is 0.317. The highest BCUT2D eigenvalue weighted by Gasteiger charge is 2.15. The van der Waals surface area contributed by atoms with Crippen LogP contribution in [0.1, 0.15) is 32.4 Å². The van der Waals surface area contributed by atoms with Gasteiger partial charge >= 0.3 is 5.97 Å². The molecule has 0 spiro atoms. The van der Waals surface area contributed by atoms with Crippen LogP contribution in [0.3, 0.4) is 0 Å². The molecule has 0 amide bonds. The number of aromatic nitrogens is 2. The summed E-state index contributed by atoms with van der Waals surface area (Å²) in [4.78, 5) is 29.2. The van der Waals surface area contributed by atoms with E-state index in [1.165, 1.54) is 10.6 Å². The Morgan fingerprint density at radius 3 is 2.42 bits per heavy atom. The highest BCUT2D eigenvalue weighted by atomic mass is 16.4. The Hall–Kier alpha value is -1.85. The molecule has 19 heavy (non-hydrogen) atoms. The highest BCUT2D eigenvalue weighted by Crippen LogP contribution is 2.11. The van der Waals surface area contributed by atoms with E-state index in [4.69, 9.17) is 5.11 Å². The lowest BCUT2D eigenvalue weighted by molar-refractivity contribution is -0.137. The molecular formula is C13H21N3O3. The van der Waals surface area contributed by atoms with Crippen molar-refractivity contribution in [2.45, 2.75) is 40.2 Å². The molecule has 0 saturated heterocycles. The van der Waals surface area contributed by atoms with E-state index >= 15 is 0 Å². The average Bonchev–Trinajstić information content (AvgIpc) is 2.31. The maximum atomic E-state index is 11.9. The monoisotopic (exact) mass is 267 g/mol. The molecule has 1 N–H and O–H groups in total. The number of carboxylic acid groups (broad SMARTS) is 1. The van der Waals surface area contributed by atoms with E-state index in [9.17, 15) is 9.59 Å². The SMILES string of the molecule is CCCN(CCC)c1nc(C)cc(=O)n1CC(=O)O. The van der Waals surface area contributed by atoms with Crippen molar-refractivity contribution in [1.82, 2.24) is 9.55 Å². The molecule has 0 radical (unpaired) electrons. The Bertz CT molecular complexity index is 490. The van der Waals surface area contributed by atoms with Crippen LogP contribution in [-0.2, 0) is 11.3 Å². The van der Waals surface area contributed by atoms with Crippen LogP contribution in [0, 0.1) is 6.92 Å². The predicted octanol–water partition coefficient (Wildman–Crippen LogP) is 1.26. The van der Waals surface area contributed by atoms with E-state index < -0.39 is 5.97 Å². The summed E-state index contributed by atoms with van der Waals surface area (Å²) in [5.41, 5.74) is 0.293. The van der Waals surface area contributed by atoms with Gasteiger partial charge in [0.2, 0.25) is 5.95 Å². The lowest BCUT2D eigenvalue weighted by atomic mass is 10.3. The van der Waals surface area contributed by atoms with Crippen LogP contribution in [0.25, 0.3) is 0 Å². The van der Waals surface area contributed by atoms with Gasteiger partial charge in [-0.15, -0.1) is 0 Å². The van der Waals surface area contributed by atoms with Gasteiger partial charge in [0.1, 0.15) is 6.54 Å². The molecule has 0 aliphatic heterocycles. The zero-order chi connectivity index (χ0) is 14.4. The third kappa shape index (κ3) is 4.08. The van der Waals surface area contributed by atoms with Gasteiger partial charge in [-0.1, -0.05) is 13.8 Å². The van der Waals surface area contributed by atoms with E-state index in [1.807, 2.05) is 18.7 Å². The second-order valence-corrected chi connectivity index (χ2v) is 4.50. The molecule has 0 bridgehead atoms. The summed E-state index contributed by atoms with van der Waals surface area (Å²) < 4.78 is 1.22. The minimum atomic E-state index is -1.04. The number of carboxylic acids is 1. The van der Waals surface area contributed by atoms with Crippen molar-refractivity contribution in [2.24, 2.45) is 0 Å². The van der Waals surface area contributed by atoms with Gasteiger partial charge in [-0.2, -0.15) is 0 Å². The second kappa shape index (κ2) is 6.92. The fraction of sp³-hybridized carbons (Fsp3) is 0.615. The lowest BCUT2D eigenvalue weighted by Crippen LogP contribution is -2.35. The van der Waals surface area contributed by atoms with Crippen LogP contribution in [-0.4, -0.2) is 33.7 Å². The van der Waals surface area contributed by atoms with Crippen LogP contribution in [0.15, 0.2) is 10.9 Å². The Balaban J connectivity index is 3.27. The molecule has 0 aliphatic carbocycles. The Morgan fingerprint density at radius 1 is 1.37 bits per heavy atom. The van der Waals surface area contributed by atoms with Gasteiger partial charge in [0.25, 0.3) is 5.56 Å². The lowest BCUT2D eigenvalue weighted by Gasteiger charge is -2.25. The van der Waals surface area contributed by atoms with Gasteiger partial charge in [-0.3, -0.25) is 14.2 Å². The van der Waals surface area contributed by atoms with Crippen LogP contribution in [0.4, 0.5) is 5.95 Å². The zero-order valence-electron chi connectivity index (χ0n) is 11.7. The standard InChI is InChI=1S/C13H21N3O3/c1-4-6-15(7-5-2)13-14-10(3)8-11(17)16(13)9-12(18)19/h8H,4-7,9H2,1-3H3,(H,18,19). The van der Waals surface area contributed by atoms with E-state index in [0.29, 0.717) is 11.6 Å². The van der Waals surface area contributed by atoms with Crippen molar-refractivity contribution < 1.29 is 9.90 Å². The number of hydrogen-bond donors (Lipinski definition) is 1. The fourth-order valence-electron chi connectivity index (χ4n) is 1.98. The molecule has 1 aromatic heterocycles. The second-order valence-electron chi connectivity index (χ2n) is 4.50. The summed E-state index contributed by atoms with van der Waals surface area (Å²) >= 11 is 0. The van der Waals surface area contributed by atoms with Crippen molar-refractivity contribution in [3.8, 4) is 0 Å². The molecule has 1 heterocycles. The molecule has 0 fully saturated rings. The largest absolute Gasteiger partial charge is 0.480 e. The van der Waals surface area contributed by atoms with E-state index in [2.05, 4.69) is 4.98 Å². The number of nitrogens with zero attached hydrogens (tertiary/aromatic N) is 3. The molecule has 6 nitrogen and oxygen atoms in total. The van der Waals surface area contributed by atoms with Gasteiger partial charge < -0.3 is 10.0 Å². The van der Waals surface area contributed by atoms with Gasteiger partial charge in [0, 0.05) is 24.8 Å². The first-order chi connectivity index (χ1) is 8.99. The first-order valence-corrected chi connectivity index (χ1v) is 6.54. The Labute approximate surface area is 112 Å². The normalized spacial score (nSPS) is 10.5. The summed E-state index contributed by atoms with van der Waals surface area (Å²) in [6.07, 6.45) is 1.83. The molecule has 0 aliphatic rings. The van der Waals surface area contributed by atoms with Crippen molar-refractivity contribution >= 4 is 11.9 Å². The van der Waals surface area contributed by atoms with Crippen LogP contribution in [0.2, 0.25) is 0 Å². The summed E-state index contributed by atoms with van der Waals surface area (Å²) in [6, 6.07) is 1.36. The number of rotatable bonds is 7. The molecule has 1 aromatic rings. The summed E-state index contributed by atoms with van der Waals surface area (Å²) in [6.45, 7) is 6.97. The molecular weight excluding hydrogens is 246 g/mol. The smallest absolute Gasteiger partial charge is 0.323 e. The quantitative estimate of drug-likeness (QED) is 0.805. The molecule has 0 atom stereocenters. The molecule has 1 rings (SSSR count). The maximum Gasteiger partial charge on any atom is 0.323 e. The number of aliphatic carboxylic acids is 1. The van der Waals surface area contributed by atoms with Gasteiger partial charge in [-0.05, 0) is 19.8 Å². The minimum Gasteiger partial charge on any atom is -0.480 e. The number of anilines is 1. The average molecular weight is 267 g/mol. The predicted molar refractivity (Wildman–Crippen MR) is 73.7 cm³/mol. The van der Waals surface area contributed by atoms with Crippen molar-refractivity contribution in [2.75, 3.05) is 18.0 Å². The highest BCUT2D eigenvalue weighted by molar-refractivity contribution is 5.67. The molecule has 0 saturated carbocycles. The molecule has 106 valence electrons. The Kier molecular flexibility index (Phi) is 5.54. The van der Waals surface area contributed by atoms with Gasteiger partial charge in [-0.25, -0.2) is 4.98 Å². The van der Waals surface area contributed by atoms with Crippen molar-refractivity contribution in [1.29, 1.82) is 0 Å². The third-order valence-corrected chi connectivity index (χ3v) is 2.68. The van der Waals surface area contributed by atoms with Gasteiger partial charge in [0.15, 0.2) is 0 Å². The van der Waals surface area contributed by atoms with Crippen LogP contribution >= 0.6 is 0 Å². The Morgan fingerprint density at radius 2 is 1.95 bits per heavy atom. The first kappa shape index (κ1) is 15.2. The first-order valence-electron chi connectivity index (χ1n) is 6.54. The van der Waals surface area contributed by atoms with E-state index in [1.54, 1.807) is 6.92 Å². The topological polar surface area (TPSA) is 75.4 Å². The number of aryl methyl sites for hydroxylation is 1.